The molecule has 0 saturated carbocycles. The maximum Gasteiger partial charge on any atom is 0.408 e. The summed E-state index contributed by atoms with van der Waals surface area (Å²) in [5.41, 5.74) is 8.55. The van der Waals surface area contributed by atoms with Crippen molar-refractivity contribution >= 4 is 17.9 Å². The van der Waals surface area contributed by atoms with E-state index in [0.29, 0.717) is 13.0 Å². The maximum absolute atomic E-state index is 13.4. The summed E-state index contributed by atoms with van der Waals surface area (Å²) in [5, 5.41) is 12.3. The van der Waals surface area contributed by atoms with Gasteiger partial charge in [-0.2, -0.15) is 0 Å². The van der Waals surface area contributed by atoms with Crippen LogP contribution in [0.25, 0.3) is 11.1 Å². The van der Waals surface area contributed by atoms with Crippen molar-refractivity contribution in [2.45, 2.75) is 70.2 Å². The number of alkyl carbamates (subject to hydrolysis) is 1. The van der Waals surface area contributed by atoms with Gasteiger partial charge in [-0.25, -0.2) is 4.79 Å². The van der Waals surface area contributed by atoms with Crippen molar-refractivity contribution in [3.63, 3.8) is 0 Å². The fourth-order valence-corrected chi connectivity index (χ4v) is 7.99. The molecule has 2 heterocycles. The van der Waals surface area contributed by atoms with Crippen LogP contribution in [0.15, 0.2) is 164 Å². The first-order chi connectivity index (χ1) is 29.9. The fourth-order valence-electron chi connectivity index (χ4n) is 7.99. The van der Waals surface area contributed by atoms with Crippen LogP contribution in [0.1, 0.15) is 64.2 Å². The van der Waals surface area contributed by atoms with Crippen LogP contribution in [0.2, 0.25) is 0 Å². The normalized spacial score (nSPS) is 19.0. The minimum Gasteiger partial charge on any atom is -0.445 e. The number of nitrogens with one attached hydrogen (secondary N) is 1. The Morgan fingerprint density at radius 3 is 1.92 bits per heavy atom. The molecule has 0 radical (unpaired) electrons. The lowest BCUT2D eigenvalue weighted by atomic mass is 9.97. The van der Waals surface area contributed by atoms with Gasteiger partial charge >= 0.3 is 6.09 Å². The Labute approximate surface area is 356 Å². The average molecular weight is 816 g/mol. The van der Waals surface area contributed by atoms with Crippen LogP contribution >= 0.6 is 0 Å². The Bertz CT molecular complexity index is 2340. The second-order valence-corrected chi connectivity index (χ2v) is 15.6. The van der Waals surface area contributed by atoms with Gasteiger partial charge in [0.1, 0.15) is 12.6 Å². The summed E-state index contributed by atoms with van der Waals surface area (Å²) in [6.07, 6.45) is -1.29. The van der Waals surface area contributed by atoms with Crippen molar-refractivity contribution in [2.24, 2.45) is 0 Å². The van der Waals surface area contributed by atoms with E-state index in [2.05, 4.69) is 58.7 Å². The van der Waals surface area contributed by atoms with Gasteiger partial charge in [0.15, 0.2) is 6.29 Å². The van der Waals surface area contributed by atoms with Crippen molar-refractivity contribution in [3.05, 3.63) is 203 Å². The third-order valence-corrected chi connectivity index (χ3v) is 11.2. The molecular formula is C51H49N3O7. The smallest absolute Gasteiger partial charge is 0.408 e. The van der Waals surface area contributed by atoms with Crippen molar-refractivity contribution in [2.75, 3.05) is 6.54 Å². The molecule has 3 amide bonds. The molecule has 6 aromatic carbocycles. The van der Waals surface area contributed by atoms with Gasteiger partial charge in [0.05, 0.1) is 31.8 Å². The van der Waals surface area contributed by atoms with Gasteiger partial charge in [-0.1, -0.05) is 164 Å². The van der Waals surface area contributed by atoms with Crippen LogP contribution in [0.5, 0.6) is 0 Å². The Kier molecular flexibility index (Phi) is 13.4. The Morgan fingerprint density at radius 2 is 1.28 bits per heavy atom. The van der Waals surface area contributed by atoms with Gasteiger partial charge in [0.25, 0.3) is 5.91 Å². The van der Waals surface area contributed by atoms with Gasteiger partial charge in [-0.15, -0.1) is 0 Å². The number of likely N-dealkylation sites (tertiary alicyclic amines) is 1. The number of benzene rings is 6. The number of imide groups is 1. The average Bonchev–Trinajstić information content (AvgIpc) is 3.56. The maximum atomic E-state index is 13.4. The quantitative estimate of drug-likeness (QED) is 0.0990. The third-order valence-electron chi connectivity index (χ3n) is 11.2. The van der Waals surface area contributed by atoms with Crippen molar-refractivity contribution in [3.8, 4) is 11.1 Å². The van der Waals surface area contributed by atoms with Crippen LogP contribution in [0.3, 0.4) is 0 Å². The lowest BCUT2D eigenvalue weighted by Gasteiger charge is -2.38. The second-order valence-electron chi connectivity index (χ2n) is 15.6. The van der Waals surface area contributed by atoms with E-state index in [-0.39, 0.29) is 44.3 Å². The standard InChI is InChI=1S/C51H49N3O7/c55-34-38-20-22-41(23-21-38)47-28-44(33-53(30-36-12-4-1-5-13-36)31-37-14-6-2-7-15-37)60-50(61-47)42-26-24-40(25-27-42)45-19-11-10-18-43(45)32-54-48(56)29-46(49(54)57)52-51(58)59-35-39-16-8-3-9-17-39/h1-27,44,46-47,50,55H,28-35H2,(H,52,58). The Hall–Kier alpha value is -6.43. The number of amides is 3. The molecule has 4 atom stereocenters. The molecule has 310 valence electrons. The van der Waals surface area contributed by atoms with Gasteiger partial charge < -0.3 is 24.6 Å². The highest BCUT2D eigenvalue weighted by Crippen LogP contribution is 2.39. The molecule has 2 fully saturated rings. The molecule has 0 aromatic heterocycles. The van der Waals surface area contributed by atoms with Gasteiger partial charge in [-0.05, 0) is 44.5 Å². The highest BCUT2D eigenvalue weighted by Gasteiger charge is 2.40. The Morgan fingerprint density at radius 1 is 0.689 bits per heavy atom. The van der Waals surface area contributed by atoms with E-state index < -0.39 is 24.3 Å². The molecule has 2 aliphatic rings. The fraction of sp³-hybridized carbons (Fsp3) is 0.235. The van der Waals surface area contributed by atoms with Crippen molar-refractivity contribution < 1.29 is 33.7 Å². The largest absolute Gasteiger partial charge is 0.445 e. The number of hydrogen-bond acceptors (Lipinski definition) is 8. The zero-order valence-electron chi connectivity index (χ0n) is 33.8. The molecule has 2 aliphatic heterocycles. The van der Waals surface area contributed by atoms with Crippen molar-refractivity contribution in [1.29, 1.82) is 0 Å². The number of hydrogen-bond donors (Lipinski definition) is 2. The lowest BCUT2D eigenvalue weighted by molar-refractivity contribution is -0.253. The van der Waals surface area contributed by atoms with Gasteiger partial charge in [0, 0.05) is 31.6 Å². The number of ether oxygens (including phenoxy) is 3. The number of carbonyl (C=O) groups is 3. The van der Waals surface area contributed by atoms with Gasteiger partial charge in [0.2, 0.25) is 5.91 Å². The number of rotatable bonds is 15. The minimum atomic E-state index is -0.998. The van der Waals surface area contributed by atoms with E-state index in [1.54, 1.807) is 0 Å². The van der Waals surface area contributed by atoms with Crippen LogP contribution in [0.4, 0.5) is 4.79 Å². The van der Waals surface area contributed by atoms with Gasteiger partial charge in [-0.3, -0.25) is 19.4 Å². The molecule has 4 unspecified atom stereocenters. The molecule has 10 heteroatoms. The molecule has 8 rings (SSSR count). The molecular weight excluding hydrogens is 767 g/mol. The molecule has 0 spiro atoms. The highest BCUT2D eigenvalue weighted by molar-refractivity contribution is 6.06. The minimum absolute atomic E-state index is 0.0298. The zero-order valence-corrected chi connectivity index (χ0v) is 33.8. The first-order valence-corrected chi connectivity index (χ1v) is 20.7. The number of aliphatic hydroxyl groups excluding tert-OH is 1. The summed E-state index contributed by atoms with van der Waals surface area (Å²) < 4.78 is 18.8. The summed E-state index contributed by atoms with van der Waals surface area (Å²) in [4.78, 5) is 42.7. The molecule has 61 heavy (non-hydrogen) atoms. The SMILES string of the molecule is O=C(NC1CC(=O)N(Cc2ccccc2-c2ccc(C3OC(CN(Cc4ccccc4)Cc4ccccc4)CC(c4ccc(CO)cc4)O3)cc2)C1=O)OCc1ccccc1. The molecule has 0 bridgehead atoms. The molecule has 2 saturated heterocycles. The van der Waals surface area contributed by atoms with Crippen molar-refractivity contribution in [1.82, 2.24) is 15.1 Å². The third kappa shape index (κ3) is 10.7. The van der Waals surface area contributed by atoms with E-state index in [4.69, 9.17) is 14.2 Å². The summed E-state index contributed by atoms with van der Waals surface area (Å²) in [6.45, 7) is 2.29. The summed E-state index contributed by atoms with van der Waals surface area (Å²) in [6, 6.07) is 52.8. The highest BCUT2D eigenvalue weighted by atomic mass is 16.7. The zero-order chi connectivity index (χ0) is 42.0. The second kappa shape index (κ2) is 19.8. The van der Waals surface area contributed by atoms with Crippen LogP contribution in [-0.4, -0.2) is 51.5 Å². The number of aliphatic hydroxyl groups is 1. The summed E-state index contributed by atoms with van der Waals surface area (Å²) in [7, 11) is 0. The van der Waals surface area contributed by atoms with Crippen LogP contribution in [0, 0.1) is 0 Å². The van der Waals surface area contributed by atoms with E-state index in [1.807, 2.05) is 115 Å². The topological polar surface area (TPSA) is 118 Å². The van der Waals surface area contributed by atoms with E-state index in [0.717, 1.165) is 52.0 Å². The molecule has 2 N–H and O–H groups in total. The number of carbonyl (C=O) groups excluding carboxylic acids is 3. The van der Waals surface area contributed by atoms with Crippen LogP contribution in [-0.2, 0) is 56.6 Å². The first-order valence-electron chi connectivity index (χ1n) is 20.7. The predicted octanol–water partition coefficient (Wildman–Crippen LogP) is 8.65. The molecule has 10 nitrogen and oxygen atoms in total. The molecule has 6 aromatic rings. The van der Waals surface area contributed by atoms with Crippen LogP contribution < -0.4 is 5.32 Å². The molecule has 0 aliphatic carbocycles. The summed E-state index contributed by atoms with van der Waals surface area (Å²) in [5.74, 6) is -0.837. The van der Waals surface area contributed by atoms with E-state index in [1.165, 1.54) is 16.0 Å². The summed E-state index contributed by atoms with van der Waals surface area (Å²) >= 11 is 0. The Balaban J connectivity index is 0.978. The van der Waals surface area contributed by atoms with E-state index in [9.17, 15) is 19.5 Å². The van der Waals surface area contributed by atoms with E-state index >= 15 is 0 Å². The lowest BCUT2D eigenvalue weighted by Crippen LogP contribution is -2.41. The number of nitrogens with zero attached hydrogens (tertiary/aromatic N) is 2. The monoisotopic (exact) mass is 815 g/mol. The predicted molar refractivity (Wildman–Crippen MR) is 231 cm³/mol. The first kappa shape index (κ1) is 41.3.